The Morgan fingerprint density at radius 3 is 2.37 bits per heavy atom. The number of furan rings is 1. The molecule has 0 bridgehead atoms. The molecular formula is C20H25N3O4. The third-order valence-electron chi connectivity index (χ3n) is 6.08. The van der Waals surface area contributed by atoms with E-state index >= 15 is 0 Å². The van der Waals surface area contributed by atoms with Crippen LogP contribution < -0.4 is 0 Å². The van der Waals surface area contributed by atoms with Gasteiger partial charge in [-0.15, -0.1) is 0 Å². The van der Waals surface area contributed by atoms with Crippen LogP contribution in [-0.4, -0.2) is 64.1 Å². The van der Waals surface area contributed by atoms with Gasteiger partial charge in [0.2, 0.25) is 0 Å². The Hall–Kier alpha value is -2.54. The maximum atomic E-state index is 12.9. The molecular weight excluding hydrogens is 346 g/mol. The number of aliphatic hydroxyl groups is 1. The second-order valence-corrected chi connectivity index (χ2v) is 7.92. The van der Waals surface area contributed by atoms with Crippen molar-refractivity contribution in [3.05, 3.63) is 47.2 Å². The zero-order chi connectivity index (χ0) is 19.3. The molecule has 2 fully saturated rings. The molecule has 7 heteroatoms. The van der Waals surface area contributed by atoms with Gasteiger partial charge in [0.05, 0.1) is 12.2 Å². The third-order valence-corrected chi connectivity index (χ3v) is 6.08. The van der Waals surface area contributed by atoms with Gasteiger partial charge in [0.15, 0.2) is 0 Å². The van der Waals surface area contributed by atoms with Crippen LogP contribution in [0, 0.1) is 25.2 Å². The molecule has 1 N–H and O–H groups in total. The quantitative estimate of drug-likeness (QED) is 0.886. The zero-order valence-corrected chi connectivity index (χ0v) is 15.9. The molecule has 0 aromatic carbocycles. The highest BCUT2D eigenvalue weighted by Crippen LogP contribution is 2.43. The molecule has 0 saturated carbocycles. The summed E-state index contributed by atoms with van der Waals surface area (Å²) in [5.74, 6) is 1.32. The molecule has 4 heterocycles. The summed E-state index contributed by atoms with van der Waals surface area (Å²) < 4.78 is 7.30. The Kier molecular flexibility index (Phi) is 4.14. The van der Waals surface area contributed by atoms with Crippen LogP contribution in [0.3, 0.4) is 0 Å². The predicted molar refractivity (Wildman–Crippen MR) is 98.4 cm³/mol. The van der Waals surface area contributed by atoms with Gasteiger partial charge >= 0.3 is 0 Å². The lowest BCUT2D eigenvalue weighted by Gasteiger charge is -2.27. The second-order valence-electron chi connectivity index (χ2n) is 7.92. The van der Waals surface area contributed by atoms with E-state index in [4.69, 9.17) is 4.42 Å². The van der Waals surface area contributed by atoms with Crippen LogP contribution in [0.5, 0.6) is 0 Å². The molecule has 2 aliphatic heterocycles. The minimum Gasteiger partial charge on any atom is -0.466 e. The number of aromatic nitrogens is 1. The molecule has 2 aromatic heterocycles. The molecule has 2 amide bonds. The largest absolute Gasteiger partial charge is 0.466 e. The first kappa shape index (κ1) is 17.9. The molecule has 27 heavy (non-hydrogen) atoms. The van der Waals surface area contributed by atoms with Crippen molar-refractivity contribution in [2.45, 2.75) is 13.8 Å². The number of hydrogen-bond acceptors (Lipinski definition) is 4. The van der Waals surface area contributed by atoms with Gasteiger partial charge in [0.1, 0.15) is 17.2 Å². The van der Waals surface area contributed by atoms with E-state index in [1.165, 1.54) is 0 Å². The summed E-state index contributed by atoms with van der Waals surface area (Å²) >= 11 is 0. The van der Waals surface area contributed by atoms with Crippen LogP contribution in [0.25, 0.3) is 0 Å². The Labute approximate surface area is 158 Å². The summed E-state index contributed by atoms with van der Waals surface area (Å²) in [4.78, 5) is 29.4. The molecule has 4 rings (SSSR count). The molecule has 2 aliphatic rings. The molecule has 2 atom stereocenters. The number of rotatable bonds is 3. The normalized spacial score (nSPS) is 24.5. The first-order valence-corrected chi connectivity index (χ1v) is 9.22. The van der Waals surface area contributed by atoms with Crippen molar-refractivity contribution in [3.63, 3.8) is 0 Å². The van der Waals surface area contributed by atoms with E-state index in [0.717, 1.165) is 0 Å². The third kappa shape index (κ3) is 2.77. The summed E-state index contributed by atoms with van der Waals surface area (Å²) in [7, 11) is 1.85. The number of amides is 2. The molecule has 0 spiro atoms. The van der Waals surface area contributed by atoms with Crippen LogP contribution in [0.15, 0.2) is 28.8 Å². The fourth-order valence-corrected chi connectivity index (χ4v) is 4.57. The van der Waals surface area contributed by atoms with Crippen molar-refractivity contribution in [3.8, 4) is 0 Å². The first-order chi connectivity index (χ1) is 12.8. The fourth-order valence-electron chi connectivity index (χ4n) is 4.57. The molecule has 0 radical (unpaired) electrons. The van der Waals surface area contributed by atoms with Gasteiger partial charge in [-0.2, -0.15) is 0 Å². The fraction of sp³-hybridized carbons (Fsp3) is 0.500. The average Bonchev–Trinajstić information content (AvgIpc) is 3.35. The summed E-state index contributed by atoms with van der Waals surface area (Å²) in [6.45, 7) is 5.59. The highest BCUT2D eigenvalue weighted by Gasteiger charge is 2.54. The average molecular weight is 371 g/mol. The second kappa shape index (κ2) is 6.27. The van der Waals surface area contributed by atoms with E-state index in [0.29, 0.717) is 49.0 Å². The minimum atomic E-state index is -0.455. The van der Waals surface area contributed by atoms with Crippen LogP contribution in [0.4, 0.5) is 0 Å². The molecule has 144 valence electrons. The highest BCUT2D eigenvalue weighted by atomic mass is 16.3. The van der Waals surface area contributed by atoms with Gasteiger partial charge in [-0.05, 0) is 32.0 Å². The monoisotopic (exact) mass is 371 g/mol. The van der Waals surface area contributed by atoms with E-state index in [-0.39, 0.29) is 24.3 Å². The van der Waals surface area contributed by atoms with Crippen molar-refractivity contribution < 1.29 is 19.1 Å². The Morgan fingerprint density at radius 1 is 1.22 bits per heavy atom. The van der Waals surface area contributed by atoms with Gasteiger partial charge in [-0.3, -0.25) is 9.59 Å². The summed E-state index contributed by atoms with van der Waals surface area (Å²) in [5.41, 5.74) is 0.765. The topological polar surface area (TPSA) is 78.9 Å². The van der Waals surface area contributed by atoms with Crippen molar-refractivity contribution >= 4 is 11.8 Å². The highest BCUT2D eigenvalue weighted by molar-refractivity contribution is 5.96. The number of aryl methyl sites for hydroxylation is 3. The van der Waals surface area contributed by atoms with Gasteiger partial charge in [0.25, 0.3) is 11.8 Å². The number of nitrogens with zero attached hydrogens (tertiary/aromatic N) is 3. The van der Waals surface area contributed by atoms with Crippen LogP contribution in [0.1, 0.15) is 32.4 Å². The van der Waals surface area contributed by atoms with Gasteiger partial charge < -0.3 is 23.9 Å². The lowest BCUT2D eigenvalue weighted by atomic mass is 9.82. The summed E-state index contributed by atoms with van der Waals surface area (Å²) in [5, 5.41) is 10.1. The maximum Gasteiger partial charge on any atom is 0.270 e. The van der Waals surface area contributed by atoms with E-state index in [2.05, 4.69) is 0 Å². The van der Waals surface area contributed by atoms with Gasteiger partial charge in [0, 0.05) is 50.8 Å². The zero-order valence-electron chi connectivity index (χ0n) is 15.9. The number of hydrogen-bond donors (Lipinski definition) is 1. The van der Waals surface area contributed by atoms with Crippen molar-refractivity contribution in [1.82, 2.24) is 14.4 Å². The first-order valence-electron chi connectivity index (χ1n) is 9.22. The molecule has 2 aromatic rings. The molecule has 0 aliphatic carbocycles. The number of carbonyl (C=O) groups is 2. The Bertz CT molecular complexity index is 899. The Morgan fingerprint density at radius 2 is 1.89 bits per heavy atom. The molecule has 2 unspecified atom stereocenters. The van der Waals surface area contributed by atoms with Crippen LogP contribution in [0.2, 0.25) is 0 Å². The van der Waals surface area contributed by atoms with E-state index in [1.807, 2.05) is 41.8 Å². The minimum absolute atomic E-state index is 0.0242. The van der Waals surface area contributed by atoms with Crippen LogP contribution >= 0.6 is 0 Å². The Balaban J connectivity index is 1.52. The van der Waals surface area contributed by atoms with E-state index < -0.39 is 5.41 Å². The number of fused-ring (bicyclic) bond motifs is 1. The van der Waals surface area contributed by atoms with E-state index in [1.54, 1.807) is 17.9 Å². The smallest absolute Gasteiger partial charge is 0.270 e. The molecule has 7 nitrogen and oxygen atoms in total. The van der Waals surface area contributed by atoms with E-state index in [9.17, 15) is 14.7 Å². The van der Waals surface area contributed by atoms with Gasteiger partial charge in [-0.25, -0.2) is 0 Å². The summed E-state index contributed by atoms with van der Waals surface area (Å²) in [6, 6.07) is 5.42. The number of carbonyl (C=O) groups excluding carboxylic acids is 2. The predicted octanol–water partition coefficient (Wildman–Crippen LogP) is 1.44. The lowest BCUT2D eigenvalue weighted by molar-refractivity contribution is 0.0661. The van der Waals surface area contributed by atoms with Crippen molar-refractivity contribution in [2.24, 2.45) is 18.4 Å². The van der Waals surface area contributed by atoms with Gasteiger partial charge in [-0.1, -0.05) is 0 Å². The standard InChI is InChI=1S/C20H25N3O4/c1-13-7-16(14(2)27-13)18(25)22-8-15-9-23(11-20(15,10-22)12-24)19(26)17-5-4-6-21(17)3/h4-7,15,24H,8-12H2,1-3H3. The SMILES string of the molecule is Cc1cc(C(=O)N2CC3CN(C(=O)c4cccn4C)CC3(CO)C2)c(C)o1. The van der Waals surface area contributed by atoms with Crippen molar-refractivity contribution in [2.75, 3.05) is 32.8 Å². The molecule has 2 saturated heterocycles. The number of likely N-dealkylation sites (tertiary alicyclic amines) is 2. The maximum absolute atomic E-state index is 12.9. The van der Waals surface area contributed by atoms with Crippen molar-refractivity contribution in [1.29, 1.82) is 0 Å². The lowest BCUT2D eigenvalue weighted by Crippen LogP contribution is -2.40. The number of aliphatic hydroxyl groups excluding tert-OH is 1. The summed E-state index contributed by atoms with van der Waals surface area (Å²) in [6.07, 6.45) is 1.85. The van der Waals surface area contributed by atoms with Crippen LogP contribution in [-0.2, 0) is 7.05 Å².